The second kappa shape index (κ2) is 8.78. The molecule has 1 aromatic heterocycles. The maximum atomic E-state index is 4.40. The number of benzene rings is 1. The van der Waals surface area contributed by atoms with Gasteiger partial charge in [-0.1, -0.05) is 30.3 Å². The van der Waals surface area contributed by atoms with Gasteiger partial charge in [-0.25, -0.2) is 9.97 Å². The Morgan fingerprint density at radius 3 is 2.36 bits per heavy atom. The molecule has 0 unspecified atom stereocenters. The third kappa shape index (κ3) is 5.14. The van der Waals surface area contributed by atoms with E-state index in [1.165, 1.54) is 5.56 Å². The van der Waals surface area contributed by atoms with Crippen molar-refractivity contribution in [1.29, 1.82) is 0 Å². The summed E-state index contributed by atoms with van der Waals surface area (Å²) < 4.78 is 0. The van der Waals surface area contributed by atoms with Crippen LogP contribution in [0.3, 0.4) is 0 Å². The summed E-state index contributed by atoms with van der Waals surface area (Å²) in [7, 11) is 3.97. The highest BCUT2D eigenvalue weighted by Gasteiger charge is 2.16. The van der Waals surface area contributed by atoms with Crippen LogP contribution >= 0.6 is 0 Å². The van der Waals surface area contributed by atoms with Crippen LogP contribution in [0.5, 0.6) is 0 Å². The van der Waals surface area contributed by atoms with Crippen molar-refractivity contribution in [2.24, 2.45) is 0 Å². The maximum Gasteiger partial charge on any atom is 0.171 e. The normalized spacial score (nSPS) is 15.9. The molecular formula is C19H28N6. The van der Waals surface area contributed by atoms with E-state index >= 15 is 0 Å². The first kappa shape index (κ1) is 17.6. The topological polar surface area (TPSA) is 47.5 Å². The molecule has 6 nitrogen and oxygen atoms in total. The number of nitrogens with one attached hydrogen (secondary N) is 1. The van der Waals surface area contributed by atoms with Crippen molar-refractivity contribution < 1.29 is 0 Å². The third-order valence-corrected chi connectivity index (χ3v) is 4.54. The second-order valence-electron chi connectivity index (χ2n) is 6.65. The number of aromatic nitrogens is 2. The lowest BCUT2D eigenvalue weighted by Crippen LogP contribution is -2.47. The summed E-state index contributed by atoms with van der Waals surface area (Å²) in [6.07, 6.45) is 3.46. The molecule has 0 amide bonds. The molecule has 1 N–H and O–H groups in total. The van der Waals surface area contributed by atoms with E-state index in [1.54, 1.807) is 12.4 Å². The monoisotopic (exact) mass is 340 g/mol. The summed E-state index contributed by atoms with van der Waals surface area (Å²) in [5, 5.41) is 3.42. The molecule has 6 heteroatoms. The van der Waals surface area contributed by atoms with Crippen molar-refractivity contribution in [2.45, 2.75) is 6.54 Å². The van der Waals surface area contributed by atoms with Gasteiger partial charge in [0.15, 0.2) is 11.6 Å². The highest BCUT2D eigenvalue weighted by Crippen LogP contribution is 2.16. The Morgan fingerprint density at radius 1 is 0.960 bits per heavy atom. The molecule has 0 atom stereocenters. The molecule has 1 fully saturated rings. The van der Waals surface area contributed by atoms with E-state index in [-0.39, 0.29) is 0 Å². The zero-order valence-corrected chi connectivity index (χ0v) is 15.2. The van der Waals surface area contributed by atoms with Crippen molar-refractivity contribution >= 4 is 11.6 Å². The van der Waals surface area contributed by atoms with E-state index in [2.05, 4.69) is 55.4 Å². The predicted molar refractivity (Wildman–Crippen MR) is 103 cm³/mol. The Hall–Kier alpha value is -2.18. The molecule has 1 saturated heterocycles. The van der Waals surface area contributed by atoms with E-state index in [0.29, 0.717) is 0 Å². The van der Waals surface area contributed by atoms with Gasteiger partial charge in [0, 0.05) is 72.3 Å². The summed E-state index contributed by atoms with van der Waals surface area (Å²) in [6.45, 7) is 7.47. The number of anilines is 2. The number of hydrogen-bond donors (Lipinski definition) is 1. The number of hydrogen-bond acceptors (Lipinski definition) is 6. The second-order valence-corrected chi connectivity index (χ2v) is 6.65. The Bertz CT molecular complexity index is 637. The summed E-state index contributed by atoms with van der Waals surface area (Å²) in [5.41, 5.74) is 1.40. The van der Waals surface area contributed by atoms with Gasteiger partial charge in [-0.15, -0.1) is 0 Å². The van der Waals surface area contributed by atoms with Crippen LogP contribution in [-0.4, -0.2) is 73.1 Å². The average Bonchev–Trinajstić information content (AvgIpc) is 2.64. The predicted octanol–water partition coefficient (Wildman–Crippen LogP) is 1.77. The highest BCUT2D eigenvalue weighted by molar-refractivity contribution is 5.59. The smallest absolute Gasteiger partial charge is 0.171 e. The van der Waals surface area contributed by atoms with E-state index < -0.39 is 0 Å². The molecule has 3 rings (SSSR count). The van der Waals surface area contributed by atoms with Crippen molar-refractivity contribution in [1.82, 2.24) is 19.8 Å². The lowest BCUT2D eigenvalue weighted by atomic mass is 10.2. The van der Waals surface area contributed by atoms with Crippen molar-refractivity contribution in [2.75, 3.05) is 63.6 Å². The minimum atomic E-state index is 0.857. The minimum absolute atomic E-state index is 0.857. The van der Waals surface area contributed by atoms with E-state index in [9.17, 15) is 0 Å². The van der Waals surface area contributed by atoms with Gasteiger partial charge in [0.25, 0.3) is 0 Å². The van der Waals surface area contributed by atoms with Crippen LogP contribution in [0.2, 0.25) is 0 Å². The molecule has 2 aromatic rings. The molecule has 1 aromatic carbocycles. The Labute approximate surface area is 150 Å². The summed E-state index contributed by atoms with van der Waals surface area (Å²) >= 11 is 0. The first-order valence-electron chi connectivity index (χ1n) is 8.93. The van der Waals surface area contributed by atoms with Crippen LogP contribution in [0.15, 0.2) is 42.7 Å². The molecule has 134 valence electrons. The van der Waals surface area contributed by atoms with E-state index in [1.807, 2.05) is 19.0 Å². The molecule has 0 bridgehead atoms. The number of rotatable bonds is 7. The summed E-state index contributed by atoms with van der Waals surface area (Å²) in [4.78, 5) is 15.8. The van der Waals surface area contributed by atoms with Gasteiger partial charge in [-0.2, -0.15) is 0 Å². The van der Waals surface area contributed by atoms with Crippen LogP contribution in [-0.2, 0) is 6.54 Å². The van der Waals surface area contributed by atoms with Crippen molar-refractivity contribution in [3.8, 4) is 0 Å². The zero-order chi connectivity index (χ0) is 17.5. The first-order chi connectivity index (χ1) is 12.2. The van der Waals surface area contributed by atoms with Gasteiger partial charge in [0.2, 0.25) is 0 Å². The van der Waals surface area contributed by atoms with Crippen LogP contribution in [0.1, 0.15) is 5.56 Å². The summed E-state index contributed by atoms with van der Waals surface area (Å²) in [5.74, 6) is 1.74. The minimum Gasteiger partial charge on any atom is -0.366 e. The quantitative estimate of drug-likeness (QED) is 0.829. The SMILES string of the molecule is CN(C)c1nccnc1NCCN1CCN(Cc2ccccc2)CC1. The van der Waals surface area contributed by atoms with Crippen molar-refractivity contribution in [3.05, 3.63) is 48.3 Å². The highest BCUT2D eigenvalue weighted by atomic mass is 15.3. The molecule has 1 aliphatic rings. The fraction of sp³-hybridized carbons (Fsp3) is 0.474. The van der Waals surface area contributed by atoms with Crippen LogP contribution < -0.4 is 10.2 Å². The van der Waals surface area contributed by atoms with Gasteiger partial charge >= 0.3 is 0 Å². The molecular weight excluding hydrogens is 312 g/mol. The third-order valence-electron chi connectivity index (χ3n) is 4.54. The number of piperazine rings is 1. The van der Waals surface area contributed by atoms with Gasteiger partial charge in [-0.05, 0) is 5.56 Å². The lowest BCUT2D eigenvalue weighted by molar-refractivity contribution is 0.130. The molecule has 0 aliphatic carbocycles. The first-order valence-corrected chi connectivity index (χ1v) is 8.93. The van der Waals surface area contributed by atoms with E-state index in [4.69, 9.17) is 0 Å². The maximum absolute atomic E-state index is 4.40. The average molecular weight is 340 g/mol. The Morgan fingerprint density at radius 2 is 1.64 bits per heavy atom. The molecule has 0 saturated carbocycles. The standard InChI is InChI=1S/C19H28N6/c1-23(2)19-18(20-8-9-22-19)21-10-11-24-12-14-25(15-13-24)16-17-6-4-3-5-7-17/h3-9H,10-16H2,1-2H3,(H,20,21). The Kier molecular flexibility index (Phi) is 6.19. The van der Waals surface area contributed by atoms with Crippen LogP contribution in [0.4, 0.5) is 11.6 Å². The molecule has 2 heterocycles. The van der Waals surface area contributed by atoms with Gasteiger partial charge < -0.3 is 10.2 Å². The largest absolute Gasteiger partial charge is 0.366 e. The van der Waals surface area contributed by atoms with Gasteiger partial charge in [0.05, 0.1) is 0 Å². The van der Waals surface area contributed by atoms with E-state index in [0.717, 1.165) is 57.4 Å². The Balaban J connectivity index is 1.40. The summed E-state index contributed by atoms with van der Waals surface area (Å²) in [6, 6.07) is 10.7. The molecule has 0 radical (unpaired) electrons. The molecule has 0 spiro atoms. The lowest BCUT2D eigenvalue weighted by Gasteiger charge is -2.34. The number of nitrogens with zero attached hydrogens (tertiary/aromatic N) is 5. The molecule has 1 aliphatic heterocycles. The fourth-order valence-corrected chi connectivity index (χ4v) is 3.13. The van der Waals surface area contributed by atoms with Gasteiger partial charge in [0.1, 0.15) is 0 Å². The van der Waals surface area contributed by atoms with Crippen LogP contribution in [0.25, 0.3) is 0 Å². The van der Waals surface area contributed by atoms with Crippen LogP contribution in [0, 0.1) is 0 Å². The van der Waals surface area contributed by atoms with Crippen molar-refractivity contribution in [3.63, 3.8) is 0 Å². The van der Waals surface area contributed by atoms with Gasteiger partial charge in [-0.3, -0.25) is 9.80 Å². The zero-order valence-electron chi connectivity index (χ0n) is 15.2. The molecule has 25 heavy (non-hydrogen) atoms. The fourth-order valence-electron chi connectivity index (χ4n) is 3.13.